The van der Waals surface area contributed by atoms with Gasteiger partial charge in [0.1, 0.15) is 0 Å². The lowest BCUT2D eigenvalue weighted by atomic mass is 9.95. The predicted octanol–water partition coefficient (Wildman–Crippen LogP) is 13.5. The van der Waals surface area contributed by atoms with Crippen LogP contribution in [-0.2, 0) is 0 Å². The maximum absolute atomic E-state index is 2.48. The van der Waals surface area contributed by atoms with E-state index >= 15 is 0 Å². The van der Waals surface area contributed by atoms with Crippen molar-refractivity contribution in [1.82, 2.24) is 9.13 Å². The summed E-state index contributed by atoms with van der Waals surface area (Å²) in [6.07, 6.45) is 0. The van der Waals surface area contributed by atoms with Crippen molar-refractivity contribution in [2.45, 2.75) is 13.8 Å². The van der Waals surface area contributed by atoms with E-state index in [0.29, 0.717) is 0 Å². The third kappa shape index (κ3) is 4.65. The molecule has 2 nitrogen and oxygen atoms in total. The lowest BCUT2D eigenvalue weighted by molar-refractivity contribution is 1.14. The van der Waals surface area contributed by atoms with E-state index < -0.39 is 0 Å². The molecule has 246 valence electrons. The summed E-state index contributed by atoms with van der Waals surface area (Å²) in [6.45, 7) is 4.49. The Morgan fingerprint density at radius 1 is 0.327 bits per heavy atom. The first-order chi connectivity index (χ1) is 25.7. The Morgan fingerprint density at radius 3 is 1.44 bits per heavy atom. The molecule has 0 bridgehead atoms. The number of rotatable bonds is 5. The van der Waals surface area contributed by atoms with Crippen molar-refractivity contribution in [3.05, 3.63) is 193 Å². The Labute approximate surface area is 303 Å². The lowest BCUT2D eigenvalue weighted by Gasteiger charge is -2.16. The van der Waals surface area contributed by atoms with Crippen LogP contribution in [-0.4, -0.2) is 9.13 Å². The average Bonchev–Trinajstić information content (AvgIpc) is 3.73. The summed E-state index contributed by atoms with van der Waals surface area (Å²) in [5.74, 6) is 0. The van der Waals surface area contributed by atoms with E-state index in [1.54, 1.807) is 0 Å². The standard InChI is InChI=1S/C50H36N2/c1-33-32-48(34(2)31-43(33)37-29-27-36(28-30-37)35-15-5-3-6-16-35)52-45-24-12-10-20-42(45)50-40(22-14-26-47(50)52)39-21-13-25-46-49(39)41-19-9-11-23-44(41)51(46)38-17-7-4-8-18-38/h3-32H,1-2H3. The zero-order valence-electron chi connectivity index (χ0n) is 29.2. The molecule has 0 aliphatic rings. The fourth-order valence-corrected chi connectivity index (χ4v) is 8.43. The number of hydrogen-bond acceptors (Lipinski definition) is 0. The summed E-state index contributed by atoms with van der Waals surface area (Å²) in [5, 5.41) is 5.08. The summed E-state index contributed by atoms with van der Waals surface area (Å²) in [5.41, 5.74) is 17.2. The number of benzene rings is 8. The summed E-state index contributed by atoms with van der Waals surface area (Å²) in [7, 11) is 0. The Hall–Kier alpha value is -6.64. The molecular weight excluding hydrogens is 629 g/mol. The first-order valence-corrected chi connectivity index (χ1v) is 18.0. The number of nitrogens with zero attached hydrogens (tertiary/aromatic N) is 2. The van der Waals surface area contributed by atoms with Crippen LogP contribution in [0.4, 0.5) is 0 Å². The van der Waals surface area contributed by atoms with Crippen molar-refractivity contribution in [2.75, 3.05) is 0 Å². The van der Waals surface area contributed by atoms with Gasteiger partial charge in [-0.25, -0.2) is 0 Å². The van der Waals surface area contributed by atoms with Crippen LogP contribution in [0.2, 0.25) is 0 Å². The van der Waals surface area contributed by atoms with E-state index in [0.717, 1.165) is 0 Å². The molecule has 2 heterocycles. The van der Waals surface area contributed by atoms with Crippen molar-refractivity contribution in [3.8, 4) is 44.8 Å². The fourth-order valence-electron chi connectivity index (χ4n) is 8.43. The normalized spacial score (nSPS) is 11.7. The van der Waals surface area contributed by atoms with Gasteiger partial charge in [-0.05, 0) is 107 Å². The molecule has 0 radical (unpaired) electrons. The van der Waals surface area contributed by atoms with Crippen LogP contribution in [0, 0.1) is 13.8 Å². The summed E-state index contributed by atoms with van der Waals surface area (Å²) < 4.78 is 4.88. The molecule has 0 aliphatic heterocycles. The predicted molar refractivity (Wildman–Crippen MR) is 221 cm³/mol. The van der Waals surface area contributed by atoms with E-state index in [-0.39, 0.29) is 0 Å². The van der Waals surface area contributed by atoms with E-state index in [9.17, 15) is 0 Å². The molecule has 0 amide bonds. The van der Waals surface area contributed by atoms with Crippen molar-refractivity contribution in [2.24, 2.45) is 0 Å². The number of aromatic nitrogens is 2. The molecule has 10 aromatic rings. The van der Waals surface area contributed by atoms with Gasteiger partial charge in [-0.15, -0.1) is 0 Å². The smallest absolute Gasteiger partial charge is 0.0547 e. The van der Waals surface area contributed by atoms with Crippen LogP contribution in [0.5, 0.6) is 0 Å². The summed E-state index contributed by atoms with van der Waals surface area (Å²) in [4.78, 5) is 0. The highest BCUT2D eigenvalue weighted by molar-refractivity contribution is 6.22. The minimum atomic E-state index is 1.17. The molecule has 2 heteroatoms. The van der Waals surface area contributed by atoms with Crippen molar-refractivity contribution >= 4 is 43.6 Å². The van der Waals surface area contributed by atoms with Crippen molar-refractivity contribution in [3.63, 3.8) is 0 Å². The van der Waals surface area contributed by atoms with Crippen LogP contribution >= 0.6 is 0 Å². The van der Waals surface area contributed by atoms with Crippen molar-refractivity contribution < 1.29 is 0 Å². The Bertz CT molecular complexity index is 2940. The second-order valence-corrected chi connectivity index (χ2v) is 13.8. The monoisotopic (exact) mass is 664 g/mol. The van der Waals surface area contributed by atoms with Gasteiger partial charge in [-0.2, -0.15) is 0 Å². The molecule has 0 atom stereocenters. The van der Waals surface area contributed by atoms with Crippen LogP contribution in [0.3, 0.4) is 0 Å². The molecule has 0 unspecified atom stereocenters. The van der Waals surface area contributed by atoms with Crippen molar-refractivity contribution in [1.29, 1.82) is 0 Å². The van der Waals surface area contributed by atoms with Gasteiger partial charge in [0.2, 0.25) is 0 Å². The van der Waals surface area contributed by atoms with Gasteiger partial charge in [0, 0.05) is 32.9 Å². The highest BCUT2D eigenvalue weighted by atomic mass is 15.0. The third-order valence-electron chi connectivity index (χ3n) is 10.8. The molecule has 52 heavy (non-hydrogen) atoms. The molecule has 0 aliphatic carbocycles. The first kappa shape index (κ1) is 30.2. The van der Waals surface area contributed by atoms with E-state index in [2.05, 4.69) is 205 Å². The Morgan fingerprint density at radius 2 is 0.808 bits per heavy atom. The zero-order valence-corrected chi connectivity index (χ0v) is 29.2. The highest BCUT2D eigenvalue weighted by Crippen LogP contribution is 2.44. The Kier molecular flexibility index (Phi) is 6.97. The highest BCUT2D eigenvalue weighted by Gasteiger charge is 2.21. The molecule has 0 fully saturated rings. The molecule has 0 N–H and O–H groups in total. The van der Waals surface area contributed by atoms with Crippen LogP contribution < -0.4 is 0 Å². The van der Waals surface area contributed by atoms with Gasteiger partial charge in [0.25, 0.3) is 0 Å². The van der Waals surface area contributed by atoms with E-state index in [1.807, 2.05) is 0 Å². The first-order valence-electron chi connectivity index (χ1n) is 18.0. The van der Waals surface area contributed by atoms with Gasteiger partial charge in [0.15, 0.2) is 0 Å². The van der Waals surface area contributed by atoms with Gasteiger partial charge < -0.3 is 9.13 Å². The minimum Gasteiger partial charge on any atom is -0.309 e. The molecule has 8 aromatic carbocycles. The van der Waals surface area contributed by atoms with Gasteiger partial charge in [0.05, 0.1) is 22.1 Å². The average molecular weight is 665 g/mol. The number of aryl methyl sites for hydroxylation is 2. The largest absolute Gasteiger partial charge is 0.309 e. The molecular formula is C50H36N2. The molecule has 0 saturated heterocycles. The molecule has 0 spiro atoms. The number of hydrogen-bond donors (Lipinski definition) is 0. The SMILES string of the molecule is Cc1cc(-n2c3ccccc3c3c(-c4cccc5c4c4ccccc4n5-c4ccccc4)cccc32)c(C)cc1-c1ccc(-c2ccccc2)cc1. The van der Waals surface area contributed by atoms with E-state index in [4.69, 9.17) is 0 Å². The maximum atomic E-state index is 2.48. The summed E-state index contributed by atoms with van der Waals surface area (Å²) in [6, 6.07) is 66.3. The minimum absolute atomic E-state index is 1.17. The fraction of sp³-hybridized carbons (Fsp3) is 0.0400. The lowest BCUT2D eigenvalue weighted by Crippen LogP contribution is -1.99. The van der Waals surface area contributed by atoms with Gasteiger partial charge in [-0.1, -0.05) is 133 Å². The van der Waals surface area contributed by atoms with Crippen LogP contribution in [0.15, 0.2) is 182 Å². The van der Waals surface area contributed by atoms with Crippen LogP contribution in [0.1, 0.15) is 11.1 Å². The summed E-state index contributed by atoms with van der Waals surface area (Å²) >= 11 is 0. The molecule has 0 saturated carbocycles. The third-order valence-corrected chi connectivity index (χ3v) is 10.8. The second-order valence-electron chi connectivity index (χ2n) is 13.8. The number of para-hydroxylation sites is 3. The van der Waals surface area contributed by atoms with Crippen LogP contribution in [0.25, 0.3) is 88.4 Å². The zero-order chi connectivity index (χ0) is 34.8. The van der Waals surface area contributed by atoms with E-state index in [1.165, 1.54) is 99.5 Å². The quantitative estimate of drug-likeness (QED) is 0.173. The second kappa shape index (κ2) is 12.0. The number of fused-ring (bicyclic) bond motifs is 6. The molecule has 10 rings (SSSR count). The van der Waals surface area contributed by atoms with Gasteiger partial charge >= 0.3 is 0 Å². The Balaban J connectivity index is 1.17. The topological polar surface area (TPSA) is 9.86 Å². The van der Waals surface area contributed by atoms with Gasteiger partial charge in [-0.3, -0.25) is 0 Å². The molecule has 2 aromatic heterocycles. The maximum Gasteiger partial charge on any atom is 0.0547 e.